The van der Waals surface area contributed by atoms with Gasteiger partial charge in [0.25, 0.3) is 0 Å². The zero-order valence-corrected chi connectivity index (χ0v) is 9.62. The summed E-state index contributed by atoms with van der Waals surface area (Å²) >= 11 is 0. The molecule has 2 aliphatic heterocycles. The fraction of sp³-hybridized carbons (Fsp3) is 0.667. The highest BCUT2D eigenvalue weighted by Gasteiger charge is 2.49. The first-order valence-corrected chi connectivity index (χ1v) is 4.89. The van der Waals surface area contributed by atoms with Crippen molar-refractivity contribution in [3.8, 4) is 0 Å². The molecule has 2 heterocycles. The first-order valence-electron chi connectivity index (χ1n) is 4.89. The molecule has 7 heteroatoms. The number of fused-ring (bicyclic) bond motifs is 1. The molecule has 0 aliphatic carbocycles. The number of amides is 3. The topological polar surface area (TPSA) is 92.5 Å². The average Bonchev–Trinajstić information content (AvgIpc) is 2.68. The van der Waals surface area contributed by atoms with Crippen LogP contribution in [-0.2, 0) is 14.4 Å². The van der Waals surface area contributed by atoms with Crippen molar-refractivity contribution in [2.75, 3.05) is 13.1 Å². The van der Waals surface area contributed by atoms with Crippen LogP contribution in [0, 0.1) is 11.8 Å². The van der Waals surface area contributed by atoms with Gasteiger partial charge in [0.05, 0.1) is 17.9 Å². The number of hydrogen-bond donors (Lipinski definition) is 2. The second kappa shape index (κ2) is 4.39. The molecular weight excluding hydrogens is 234 g/mol. The molecule has 2 rings (SSSR count). The second-order valence-corrected chi connectivity index (χ2v) is 4.10. The molecule has 6 nitrogen and oxygen atoms in total. The van der Waals surface area contributed by atoms with Gasteiger partial charge in [0.2, 0.25) is 17.7 Å². The third-order valence-corrected chi connectivity index (χ3v) is 2.94. The molecule has 2 saturated heterocycles. The zero-order valence-electron chi connectivity index (χ0n) is 8.80. The summed E-state index contributed by atoms with van der Waals surface area (Å²) in [5.41, 5.74) is 5.46. The van der Waals surface area contributed by atoms with Crippen molar-refractivity contribution in [2.24, 2.45) is 17.6 Å². The van der Waals surface area contributed by atoms with Gasteiger partial charge >= 0.3 is 0 Å². The van der Waals surface area contributed by atoms with Gasteiger partial charge < -0.3 is 10.6 Å². The smallest absolute Gasteiger partial charge is 0.239 e. The number of imide groups is 1. The fourth-order valence-corrected chi connectivity index (χ4v) is 2.11. The molecule has 3 unspecified atom stereocenters. The summed E-state index contributed by atoms with van der Waals surface area (Å²) in [5, 5.41) is 2.26. The van der Waals surface area contributed by atoms with Gasteiger partial charge in [-0.2, -0.15) is 0 Å². The minimum Gasteiger partial charge on any atom is -0.340 e. The van der Waals surface area contributed by atoms with E-state index in [0.29, 0.717) is 13.1 Å². The van der Waals surface area contributed by atoms with E-state index in [1.165, 1.54) is 4.90 Å². The molecule has 0 bridgehead atoms. The molecule has 3 atom stereocenters. The highest BCUT2D eigenvalue weighted by atomic mass is 35.5. The normalized spacial score (nSPS) is 29.5. The second-order valence-electron chi connectivity index (χ2n) is 4.10. The summed E-state index contributed by atoms with van der Waals surface area (Å²) < 4.78 is 0. The van der Waals surface area contributed by atoms with Crippen molar-refractivity contribution in [3.05, 3.63) is 0 Å². The molecule has 0 aromatic heterocycles. The van der Waals surface area contributed by atoms with E-state index >= 15 is 0 Å². The van der Waals surface area contributed by atoms with Crippen LogP contribution in [0.1, 0.15) is 6.92 Å². The molecule has 3 N–H and O–H groups in total. The Hall–Kier alpha value is -1.14. The molecular formula is C9H14ClN3O3. The van der Waals surface area contributed by atoms with Gasteiger partial charge in [0.1, 0.15) is 0 Å². The van der Waals surface area contributed by atoms with Crippen LogP contribution in [0.4, 0.5) is 0 Å². The largest absolute Gasteiger partial charge is 0.340 e. The number of halogens is 1. The van der Waals surface area contributed by atoms with Crippen LogP contribution < -0.4 is 11.1 Å². The number of hydrogen-bond acceptors (Lipinski definition) is 4. The predicted molar refractivity (Wildman–Crippen MR) is 57.6 cm³/mol. The molecule has 16 heavy (non-hydrogen) atoms. The van der Waals surface area contributed by atoms with E-state index in [2.05, 4.69) is 5.32 Å². The van der Waals surface area contributed by atoms with E-state index in [1.807, 2.05) is 0 Å². The summed E-state index contributed by atoms with van der Waals surface area (Å²) in [6.45, 7) is 2.21. The van der Waals surface area contributed by atoms with Crippen molar-refractivity contribution >= 4 is 30.1 Å². The van der Waals surface area contributed by atoms with Crippen LogP contribution in [0.2, 0.25) is 0 Å². The summed E-state index contributed by atoms with van der Waals surface area (Å²) in [6.07, 6.45) is 0. The first kappa shape index (κ1) is 12.9. The van der Waals surface area contributed by atoms with Crippen LogP contribution in [-0.4, -0.2) is 41.8 Å². The van der Waals surface area contributed by atoms with Crippen molar-refractivity contribution < 1.29 is 14.4 Å². The van der Waals surface area contributed by atoms with Gasteiger partial charge in [0.15, 0.2) is 0 Å². The Labute approximate surface area is 98.9 Å². The van der Waals surface area contributed by atoms with Crippen molar-refractivity contribution in [1.82, 2.24) is 10.2 Å². The van der Waals surface area contributed by atoms with Crippen molar-refractivity contribution in [2.45, 2.75) is 13.0 Å². The summed E-state index contributed by atoms with van der Waals surface area (Å²) in [7, 11) is 0. The van der Waals surface area contributed by atoms with Gasteiger partial charge in [-0.25, -0.2) is 0 Å². The third-order valence-electron chi connectivity index (χ3n) is 2.94. The van der Waals surface area contributed by atoms with Gasteiger partial charge in [-0.05, 0) is 6.92 Å². The van der Waals surface area contributed by atoms with Gasteiger partial charge in [-0.3, -0.25) is 19.7 Å². The Bertz CT molecular complexity index is 323. The van der Waals surface area contributed by atoms with Crippen LogP contribution in [0.15, 0.2) is 0 Å². The SMILES string of the molecule is CC(N)C(=O)N1CC2C(=O)NC(=O)C2C1.Cl. The number of likely N-dealkylation sites (tertiary alicyclic amines) is 1. The highest BCUT2D eigenvalue weighted by Crippen LogP contribution is 2.28. The van der Waals surface area contributed by atoms with Crippen LogP contribution >= 0.6 is 12.4 Å². The van der Waals surface area contributed by atoms with E-state index in [-0.39, 0.29) is 42.0 Å². The van der Waals surface area contributed by atoms with E-state index in [0.717, 1.165) is 0 Å². The Balaban J connectivity index is 0.00000128. The minimum atomic E-state index is -0.581. The average molecular weight is 248 g/mol. The van der Waals surface area contributed by atoms with Gasteiger partial charge in [0, 0.05) is 13.1 Å². The van der Waals surface area contributed by atoms with E-state index < -0.39 is 6.04 Å². The number of carbonyl (C=O) groups is 3. The number of rotatable bonds is 1. The van der Waals surface area contributed by atoms with Crippen LogP contribution in [0.3, 0.4) is 0 Å². The van der Waals surface area contributed by atoms with Crippen LogP contribution in [0.25, 0.3) is 0 Å². The minimum absolute atomic E-state index is 0. The maximum absolute atomic E-state index is 11.5. The van der Waals surface area contributed by atoms with Gasteiger partial charge in [-0.15, -0.1) is 12.4 Å². The number of nitrogens with two attached hydrogens (primary N) is 1. The Kier molecular flexibility index (Phi) is 3.54. The Morgan fingerprint density at radius 1 is 1.38 bits per heavy atom. The molecule has 0 spiro atoms. The van der Waals surface area contributed by atoms with Crippen molar-refractivity contribution in [1.29, 1.82) is 0 Å². The Morgan fingerprint density at radius 2 is 1.81 bits per heavy atom. The molecule has 0 saturated carbocycles. The Morgan fingerprint density at radius 3 is 2.19 bits per heavy atom. The third kappa shape index (κ3) is 1.90. The van der Waals surface area contributed by atoms with Gasteiger partial charge in [-0.1, -0.05) is 0 Å². The molecule has 2 aliphatic rings. The summed E-state index contributed by atoms with van der Waals surface area (Å²) in [5.74, 6) is -1.50. The molecule has 2 fully saturated rings. The molecule has 0 aromatic rings. The molecule has 0 aromatic carbocycles. The van der Waals surface area contributed by atoms with E-state index in [1.54, 1.807) is 6.92 Å². The molecule has 3 amide bonds. The fourth-order valence-electron chi connectivity index (χ4n) is 2.11. The molecule has 0 radical (unpaired) electrons. The van der Waals surface area contributed by atoms with E-state index in [4.69, 9.17) is 5.73 Å². The first-order chi connectivity index (χ1) is 7.00. The number of nitrogens with zero attached hydrogens (tertiary/aromatic N) is 1. The molecule has 90 valence electrons. The summed E-state index contributed by atoms with van der Waals surface area (Å²) in [4.78, 5) is 35.7. The zero-order chi connectivity index (χ0) is 11.2. The standard InChI is InChI=1S/C9H13N3O3.ClH/c1-4(10)9(15)12-2-5-6(3-12)8(14)11-7(5)13;/h4-6H,2-3,10H2,1H3,(H,11,13,14);1H. The lowest BCUT2D eigenvalue weighted by atomic mass is 10.00. The predicted octanol–water partition coefficient (Wildman–Crippen LogP) is -1.51. The monoisotopic (exact) mass is 247 g/mol. The lowest BCUT2D eigenvalue weighted by Gasteiger charge is -2.18. The number of nitrogens with one attached hydrogen (secondary N) is 1. The van der Waals surface area contributed by atoms with Crippen LogP contribution in [0.5, 0.6) is 0 Å². The van der Waals surface area contributed by atoms with Crippen molar-refractivity contribution in [3.63, 3.8) is 0 Å². The lowest BCUT2D eigenvalue weighted by Crippen LogP contribution is -2.43. The lowest BCUT2D eigenvalue weighted by molar-refractivity contribution is -0.132. The number of carbonyl (C=O) groups excluding carboxylic acids is 3. The quantitative estimate of drug-likeness (QED) is 0.551. The maximum atomic E-state index is 11.5. The summed E-state index contributed by atoms with van der Waals surface area (Å²) in [6, 6.07) is -0.581. The maximum Gasteiger partial charge on any atom is 0.239 e. The highest BCUT2D eigenvalue weighted by molar-refractivity contribution is 6.06. The van der Waals surface area contributed by atoms with E-state index in [9.17, 15) is 14.4 Å².